The van der Waals surface area contributed by atoms with Crippen molar-refractivity contribution < 1.29 is 37.7 Å². The Balaban J connectivity index is 1.17. The molecule has 9 rings (SSSR count). The molecule has 1 N–H and O–H groups in total. The van der Waals surface area contributed by atoms with Gasteiger partial charge in [0.15, 0.2) is 14.5 Å². The minimum Gasteiger partial charge on any atom is -0.497 e. The molecule has 14 heteroatoms. The summed E-state index contributed by atoms with van der Waals surface area (Å²) in [5, 5.41) is 2.76. The van der Waals surface area contributed by atoms with E-state index in [9.17, 15) is 9.59 Å². The summed E-state index contributed by atoms with van der Waals surface area (Å²) in [5.41, 5.74) is 4.33. The van der Waals surface area contributed by atoms with E-state index in [-0.39, 0.29) is 61.3 Å². The summed E-state index contributed by atoms with van der Waals surface area (Å²) < 4.78 is 41.7. The molecular formula is C62H68N4O9Si. The Kier molecular flexibility index (Phi) is 16.1. The molecule has 2 heterocycles. The van der Waals surface area contributed by atoms with Crippen molar-refractivity contribution in [1.82, 2.24) is 14.5 Å². The van der Waals surface area contributed by atoms with Crippen LogP contribution in [0.25, 0.3) is 11.1 Å². The number of rotatable bonds is 19. The first-order valence-corrected chi connectivity index (χ1v) is 28.2. The first-order chi connectivity index (χ1) is 36.7. The molecule has 0 spiro atoms. The maximum absolute atomic E-state index is 15.2. The lowest BCUT2D eigenvalue weighted by atomic mass is 9.79. The number of carbonyl (C=O) groups is 2. The number of carbonyl (C=O) groups excluding carboxylic acids is 2. The van der Waals surface area contributed by atoms with Crippen molar-refractivity contribution in [2.24, 2.45) is 0 Å². The number of nitrogens with zero attached hydrogens (tertiary/aromatic N) is 3. The molecule has 1 fully saturated rings. The van der Waals surface area contributed by atoms with E-state index in [1.54, 1.807) is 49.5 Å². The summed E-state index contributed by atoms with van der Waals surface area (Å²) in [6.45, 7) is 13.2. The number of benzene rings is 6. The van der Waals surface area contributed by atoms with Crippen molar-refractivity contribution >= 4 is 26.1 Å². The molecule has 6 aromatic carbocycles. The third kappa shape index (κ3) is 10.6. The van der Waals surface area contributed by atoms with E-state index in [4.69, 9.17) is 28.1 Å². The molecule has 0 unspecified atom stereocenters. The van der Waals surface area contributed by atoms with Crippen LogP contribution < -0.4 is 20.5 Å². The van der Waals surface area contributed by atoms with Crippen LogP contribution in [0.15, 0.2) is 175 Å². The van der Waals surface area contributed by atoms with Crippen molar-refractivity contribution in [2.45, 2.75) is 81.5 Å². The average Bonchev–Trinajstić information content (AvgIpc) is 3.79. The number of methoxy groups -OCH3 is 2. The fourth-order valence-electron chi connectivity index (χ4n) is 11.7. The summed E-state index contributed by atoms with van der Waals surface area (Å²) >= 11 is 0. The molecule has 13 nitrogen and oxygen atoms in total. The summed E-state index contributed by atoms with van der Waals surface area (Å²) in [4.78, 5) is 48.8. The fourth-order valence-corrected chi connectivity index (χ4v) is 17.2. The van der Waals surface area contributed by atoms with Gasteiger partial charge >= 0.3 is 11.8 Å². The monoisotopic (exact) mass is 1040 g/mol. The smallest absolute Gasteiger partial charge is 0.410 e. The van der Waals surface area contributed by atoms with Crippen LogP contribution in [0, 0.1) is 0 Å². The van der Waals surface area contributed by atoms with Crippen LogP contribution in [0.2, 0.25) is 16.6 Å². The fraction of sp³-hybridized carbons (Fsp3) is 0.323. The Morgan fingerprint density at radius 2 is 1.20 bits per heavy atom. The number of amides is 2. The van der Waals surface area contributed by atoms with Gasteiger partial charge < -0.3 is 38.3 Å². The van der Waals surface area contributed by atoms with Crippen LogP contribution in [0.1, 0.15) is 91.9 Å². The Morgan fingerprint density at radius 3 is 1.72 bits per heavy atom. The zero-order valence-corrected chi connectivity index (χ0v) is 45.6. The van der Waals surface area contributed by atoms with Gasteiger partial charge in [0.1, 0.15) is 35.1 Å². The molecular weight excluding hydrogens is 973 g/mol. The summed E-state index contributed by atoms with van der Waals surface area (Å²) in [6.07, 6.45) is -0.180. The topological polar surface area (TPSA) is 140 Å². The maximum Gasteiger partial charge on any atom is 0.410 e. The highest BCUT2D eigenvalue weighted by Crippen LogP contribution is 2.47. The molecule has 7 aromatic rings. The van der Waals surface area contributed by atoms with E-state index in [1.165, 1.54) is 10.8 Å². The van der Waals surface area contributed by atoms with E-state index in [1.807, 2.05) is 109 Å². The van der Waals surface area contributed by atoms with E-state index in [0.29, 0.717) is 17.1 Å². The second-order valence-electron chi connectivity index (χ2n) is 20.7. The summed E-state index contributed by atoms with van der Waals surface area (Å²) in [5.74, 6) is 0.780. The van der Waals surface area contributed by atoms with Gasteiger partial charge in [-0.15, -0.1) is 0 Å². The van der Waals surface area contributed by atoms with Gasteiger partial charge in [0.25, 0.3) is 5.91 Å². The molecule has 2 amide bonds. The molecule has 1 aliphatic carbocycles. The molecule has 394 valence electrons. The van der Waals surface area contributed by atoms with Crippen LogP contribution in [0.3, 0.4) is 0 Å². The van der Waals surface area contributed by atoms with Crippen LogP contribution in [0.5, 0.6) is 11.5 Å². The van der Waals surface area contributed by atoms with E-state index < -0.39 is 43.4 Å². The highest BCUT2D eigenvalue weighted by Gasteiger charge is 2.52. The zero-order valence-electron chi connectivity index (χ0n) is 44.6. The van der Waals surface area contributed by atoms with Gasteiger partial charge in [-0.2, -0.15) is 4.98 Å². The average molecular weight is 1040 g/mol. The summed E-state index contributed by atoms with van der Waals surface area (Å²) in [6, 6.07) is 52.2. The molecule has 1 aliphatic heterocycles. The van der Waals surface area contributed by atoms with Crippen LogP contribution in [-0.4, -0.2) is 87.5 Å². The van der Waals surface area contributed by atoms with Gasteiger partial charge in [-0.1, -0.05) is 163 Å². The number of nitrogens with one attached hydrogen (secondary N) is 1. The van der Waals surface area contributed by atoms with Crippen molar-refractivity contribution in [3.05, 3.63) is 214 Å². The van der Waals surface area contributed by atoms with E-state index >= 15 is 4.79 Å². The van der Waals surface area contributed by atoms with Crippen LogP contribution in [0.4, 0.5) is 10.6 Å². The standard InChI is InChI=1S/C62H68N4O9Si/c1-42(2)76(43(3)4,44(5)6)74-41-61(40-73-62(46-21-13-10-14-22-46,47-27-31-49(70-7)32-28-47)48-29-33-50(71-8)34-30-48)39-65(60(69)72-38-55-53-25-17-15-23-51(53)52-24-16-18-26-54(52)55)37-57(75-61)66-36-35-56(64-59(66)68)63-58(67)45-19-11-9-12-20-45/h9-36,42-44,55,57H,37-41H2,1-8H3,(H,63,64,67,68)/t57-,61+/m1/s1. The van der Waals surface area contributed by atoms with Crippen molar-refractivity contribution in [3.8, 4) is 22.6 Å². The molecule has 76 heavy (non-hydrogen) atoms. The second-order valence-corrected chi connectivity index (χ2v) is 26.1. The Morgan fingerprint density at radius 1 is 0.684 bits per heavy atom. The van der Waals surface area contributed by atoms with Crippen LogP contribution in [-0.2, 0) is 24.2 Å². The van der Waals surface area contributed by atoms with Gasteiger partial charge in [0, 0.05) is 17.7 Å². The largest absolute Gasteiger partial charge is 0.497 e. The Labute approximate surface area is 446 Å². The summed E-state index contributed by atoms with van der Waals surface area (Å²) in [7, 11) is 0.584. The Hall–Kier alpha value is -7.36. The van der Waals surface area contributed by atoms with Gasteiger partial charge in [0.2, 0.25) is 0 Å². The SMILES string of the molecule is COc1ccc(C(OC[C@]2(CO[Si](C(C)C)(C(C)C)C(C)C)CN(C(=O)OCC3c4ccccc4-c4ccccc43)C[C@H](n3ccc(NC(=O)c4ccccc4)nc3=O)O2)(c2ccccc2)c2ccc(OC)cc2)cc1. The number of morpholine rings is 1. The molecule has 0 bridgehead atoms. The zero-order chi connectivity index (χ0) is 53.6. The van der Waals surface area contributed by atoms with E-state index in [2.05, 4.69) is 76.1 Å². The van der Waals surface area contributed by atoms with Crippen LogP contribution >= 0.6 is 0 Å². The second kappa shape index (κ2) is 22.9. The molecule has 0 saturated carbocycles. The lowest BCUT2D eigenvalue weighted by molar-refractivity contribution is -0.224. The number of hydrogen-bond donors (Lipinski definition) is 1. The van der Waals surface area contributed by atoms with E-state index in [0.717, 1.165) is 38.9 Å². The number of fused-ring (bicyclic) bond motifs is 3. The highest BCUT2D eigenvalue weighted by molar-refractivity contribution is 6.77. The number of aromatic nitrogens is 2. The van der Waals surface area contributed by atoms with Crippen molar-refractivity contribution in [1.29, 1.82) is 0 Å². The minimum atomic E-state index is -2.68. The molecule has 1 saturated heterocycles. The van der Waals surface area contributed by atoms with Crippen molar-refractivity contribution in [3.63, 3.8) is 0 Å². The minimum absolute atomic E-state index is 0.000901. The van der Waals surface area contributed by atoms with Gasteiger partial charge in [-0.25, -0.2) is 9.59 Å². The molecule has 2 aliphatic rings. The number of hydrogen-bond acceptors (Lipinski definition) is 10. The maximum atomic E-state index is 15.2. The number of anilines is 1. The quantitative estimate of drug-likeness (QED) is 0.0615. The highest BCUT2D eigenvalue weighted by atomic mass is 28.4. The lowest BCUT2D eigenvalue weighted by Gasteiger charge is -2.50. The van der Waals surface area contributed by atoms with Gasteiger partial charge in [0.05, 0.1) is 40.5 Å². The first kappa shape index (κ1) is 53.5. The third-order valence-corrected chi connectivity index (χ3v) is 21.3. The normalized spacial score (nSPS) is 16.6. The molecule has 0 radical (unpaired) electrons. The van der Waals surface area contributed by atoms with Gasteiger partial charge in [-0.3, -0.25) is 9.36 Å². The third-order valence-electron chi connectivity index (χ3n) is 15.3. The lowest BCUT2D eigenvalue weighted by Crippen LogP contribution is -2.63. The number of ether oxygens (including phenoxy) is 5. The first-order valence-electron chi connectivity index (χ1n) is 26.1. The van der Waals surface area contributed by atoms with Crippen molar-refractivity contribution in [2.75, 3.05) is 52.4 Å². The molecule has 2 atom stereocenters. The Bertz CT molecular complexity index is 3050. The molecule has 1 aromatic heterocycles. The predicted molar refractivity (Wildman–Crippen MR) is 298 cm³/mol. The van der Waals surface area contributed by atoms with Gasteiger partial charge in [-0.05, 0) is 98.0 Å². The predicted octanol–water partition coefficient (Wildman–Crippen LogP) is 12.2.